The van der Waals surface area contributed by atoms with Gasteiger partial charge in [0, 0.05) is 31.9 Å². The third-order valence-corrected chi connectivity index (χ3v) is 3.47. The first kappa shape index (κ1) is 14.7. The molecule has 1 aliphatic heterocycles. The number of carbonyl (C=O) groups excluding carboxylic acids is 1. The molecule has 6 nitrogen and oxygen atoms in total. The molecule has 1 aromatic heterocycles. The van der Waals surface area contributed by atoms with Crippen LogP contribution in [-0.4, -0.2) is 54.8 Å². The predicted molar refractivity (Wildman–Crippen MR) is 77.8 cm³/mol. The molecule has 0 radical (unpaired) electrons. The van der Waals surface area contributed by atoms with E-state index in [2.05, 4.69) is 27.4 Å². The number of pyridine rings is 1. The highest BCUT2D eigenvalue weighted by Crippen LogP contribution is 2.08. The molecule has 20 heavy (non-hydrogen) atoms. The number of anilines is 1. The summed E-state index contributed by atoms with van der Waals surface area (Å²) < 4.78 is 5.32. The number of nitrogens with zero attached hydrogens (tertiary/aromatic N) is 2. The Morgan fingerprint density at radius 2 is 2.25 bits per heavy atom. The first-order valence-electron chi connectivity index (χ1n) is 6.95. The highest BCUT2D eigenvalue weighted by molar-refractivity contribution is 5.88. The van der Waals surface area contributed by atoms with E-state index in [9.17, 15) is 4.79 Å². The molecular weight excluding hydrogens is 256 g/mol. The molecule has 1 fully saturated rings. The van der Waals surface area contributed by atoms with E-state index in [1.807, 2.05) is 19.1 Å². The van der Waals surface area contributed by atoms with E-state index in [1.54, 1.807) is 6.20 Å². The number of rotatable bonds is 4. The van der Waals surface area contributed by atoms with Crippen LogP contribution in [0, 0.1) is 6.92 Å². The average molecular weight is 278 g/mol. The number of nitrogens with one attached hydrogen (secondary N) is 2. The highest BCUT2D eigenvalue weighted by Gasteiger charge is 2.17. The Kier molecular flexibility index (Phi) is 5.31. The first-order valence-corrected chi connectivity index (χ1v) is 6.95. The Morgan fingerprint density at radius 3 is 2.95 bits per heavy atom. The Morgan fingerprint density at radius 1 is 1.50 bits per heavy atom. The van der Waals surface area contributed by atoms with Gasteiger partial charge in [0.1, 0.15) is 5.82 Å². The second-order valence-corrected chi connectivity index (χ2v) is 5.00. The molecule has 6 heteroatoms. The minimum Gasteiger partial charge on any atom is -0.379 e. The molecule has 0 aliphatic carbocycles. The molecule has 0 saturated carbocycles. The number of morpholine rings is 1. The molecular formula is C14H22N4O2. The smallest absolute Gasteiger partial charge is 0.320 e. The van der Waals surface area contributed by atoms with Crippen molar-refractivity contribution in [2.24, 2.45) is 0 Å². The molecule has 0 bridgehead atoms. The molecule has 0 unspecified atom stereocenters. The van der Waals surface area contributed by atoms with E-state index >= 15 is 0 Å². The molecule has 1 aromatic rings. The van der Waals surface area contributed by atoms with Gasteiger partial charge in [-0.05, 0) is 25.5 Å². The van der Waals surface area contributed by atoms with Crippen LogP contribution >= 0.6 is 0 Å². The van der Waals surface area contributed by atoms with Gasteiger partial charge in [0.2, 0.25) is 0 Å². The van der Waals surface area contributed by atoms with E-state index in [0.29, 0.717) is 18.4 Å². The van der Waals surface area contributed by atoms with Crippen molar-refractivity contribution < 1.29 is 9.53 Å². The third kappa shape index (κ3) is 4.18. The van der Waals surface area contributed by atoms with Crippen LogP contribution in [0.25, 0.3) is 0 Å². The number of aryl methyl sites for hydroxylation is 1. The summed E-state index contributed by atoms with van der Waals surface area (Å²) in [7, 11) is 0. The second-order valence-electron chi connectivity index (χ2n) is 5.00. The zero-order valence-electron chi connectivity index (χ0n) is 12.1. The number of hydrogen-bond donors (Lipinski definition) is 2. The molecule has 1 saturated heterocycles. The summed E-state index contributed by atoms with van der Waals surface area (Å²) in [5, 5.41) is 5.65. The van der Waals surface area contributed by atoms with Crippen molar-refractivity contribution in [1.82, 2.24) is 15.2 Å². The summed E-state index contributed by atoms with van der Waals surface area (Å²) in [4.78, 5) is 18.3. The molecule has 0 aromatic carbocycles. The molecule has 110 valence electrons. The third-order valence-electron chi connectivity index (χ3n) is 3.47. The van der Waals surface area contributed by atoms with E-state index < -0.39 is 0 Å². The maximum atomic E-state index is 11.8. The molecule has 1 atom stereocenters. The van der Waals surface area contributed by atoms with Crippen LogP contribution in [-0.2, 0) is 4.74 Å². The van der Waals surface area contributed by atoms with Crippen molar-refractivity contribution in [2.75, 3.05) is 38.2 Å². The van der Waals surface area contributed by atoms with Crippen molar-refractivity contribution in [2.45, 2.75) is 19.9 Å². The van der Waals surface area contributed by atoms with Crippen molar-refractivity contribution in [3.8, 4) is 0 Å². The Hall–Kier alpha value is -1.66. The maximum absolute atomic E-state index is 11.8. The summed E-state index contributed by atoms with van der Waals surface area (Å²) >= 11 is 0. The minimum atomic E-state index is -0.216. The lowest BCUT2D eigenvalue weighted by molar-refractivity contribution is 0.0209. The highest BCUT2D eigenvalue weighted by atomic mass is 16.5. The van der Waals surface area contributed by atoms with Crippen molar-refractivity contribution in [1.29, 1.82) is 0 Å². The summed E-state index contributed by atoms with van der Waals surface area (Å²) in [5.74, 6) is 0.601. The summed E-state index contributed by atoms with van der Waals surface area (Å²) in [6, 6.07) is 3.85. The summed E-state index contributed by atoms with van der Waals surface area (Å²) in [5.41, 5.74) is 0.948. The molecule has 1 aliphatic rings. The fourth-order valence-corrected chi connectivity index (χ4v) is 2.16. The minimum absolute atomic E-state index is 0.216. The number of amides is 2. The molecule has 0 spiro atoms. The van der Waals surface area contributed by atoms with Gasteiger partial charge in [0.25, 0.3) is 0 Å². The van der Waals surface area contributed by atoms with Crippen LogP contribution < -0.4 is 10.6 Å². The van der Waals surface area contributed by atoms with Crippen molar-refractivity contribution in [3.63, 3.8) is 0 Å². The topological polar surface area (TPSA) is 66.5 Å². The van der Waals surface area contributed by atoms with Crippen molar-refractivity contribution in [3.05, 3.63) is 23.9 Å². The van der Waals surface area contributed by atoms with Crippen LogP contribution in [0.15, 0.2) is 18.3 Å². The number of ether oxygens (including phenoxy) is 1. The Bertz CT molecular complexity index is 447. The average Bonchev–Trinajstić information content (AvgIpc) is 2.48. The Balaban J connectivity index is 1.76. The van der Waals surface area contributed by atoms with Crippen LogP contribution in [0.2, 0.25) is 0 Å². The lowest BCUT2D eigenvalue weighted by Gasteiger charge is -2.32. The molecule has 2 rings (SSSR count). The lowest BCUT2D eigenvalue weighted by Crippen LogP contribution is -2.47. The summed E-state index contributed by atoms with van der Waals surface area (Å²) in [6.07, 6.45) is 1.67. The van der Waals surface area contributed by atoms with Gasteiger partial charge in [0.05, 0.1) is 13.2 Å². The SMILES string of the molecule is Cc1cccnc1NC(=O)NC[C@@H](C)N1CCOCC1. The quantitative estimate of drug-likeness (QED) is 0.869. The van der Waals surface area contributed by atoms with E-state index in [4.69, 9.17) is 4.74 Å². The normalized spacial score (nSPS) is 17.5. The molecule has 2 heterocycles. The van der Waals surface area contributed by atoms with Gasteiger partial charge in [-0.15, -0.1) is 0 Å². The van der Waals surface area contributed by atoms with Crippen LogP contribution in [0.1, 0.15) is 12.5 Å². The van der Waals surface area contributed by atoms with Gasteiger partial charge >= 0.3 is 6.03 Å². The molecule has 2 amide bonds. The zero-order valence-corrected chi connectivity index (χ0v) is 12.1. The van der Waals surface area contributed by atoms with Gasteiger partial charge in [-0.25, -0.2) is 9.78 Å². The largest absolute Gasteiger partial charge is 0.379 e. The standard InChI is InChI=1S/C14H22N4O2/c1-11-4-3-5-15-13(11)17-14(19)16-10-12(2)18-6-8-20-9-7-18/h3-5,12H,6-10H2,1-2H3,(H2,15,16,17,19)/t12-/m1/s1. The Labute approximate surface area is 119 Å². The molecule has 2 N–H and O–H groups in total. The second kappa shape index (κ2) is 7.21. The van der Waals surface area contributed by atoms with Gasteiger partial charge in [0.15, 0.2) is 0 Å². The van der Waals surface area contributed by atoms with Gasteiger partial charge in [-0.2, -0.15) is 0 Å². The first-order chi connectivity index (χ1) is 9.66. The number of carbonyl (C=O) groups is 1. The van der Waals surface area contributed by atoms with Crippen LogP contribution in [0.3, 0.4) is 0 Å². The summed E-state index contributed by atoms with van der Waals surface area (Å²) in [6.45, 7) is 8.01. The van der Waals surface area contributed by atoms with Gasteiger partial charge in [-0.3, -0.25) is 10.2 Å². The number of aromatic nitrogens is 1. The fourth-order valence-electron chi connectivity index (χ4n) is 2.16. The van der Waals surface area contributed by atoms with Crippen LogP contribution in [0.5, 0.6) is 0 Å². The zero-order chi connectivity index (χ0) is 14.4. The van der Waals surface area contributed by atoms with E-state index in [1.165, 1.54) is 0 Å². The maximum Gasteiger partial charge on any atom is 0.320 e. The van der Waals surface area contributed by atoms with Gasteiger partial charge in [-0.1, -0.05) is 6.07 Å². The lowest BCUT2D eigenvalue weighted by atomic mass is 10.2. The van der Waals surface area contributed by atoms with E-state index in [0.717, 1.165) is 31.9 Å². The van der Waals surface area contributed by atoms with Crippen LogP contribution in [0.4, 0.5) is 10.6 Å². The number of urea groups is 1. The number of hydrogen-bond acceptors (Lipinski definition) is 4. The predicted octanol–water partition coefficient (Wildman–Crippen LogP) is 1.23. The van der Waals surface area contributed by atoms with E-state index in [-0.39, 0.29) is 6.03 Å². The van der Waals surface area contributed by atoms with Crippen molar-refractivity contribution >= 4 is 11.8 Å². The monoisotopic (exact) mass is 278 g/mol. The fraction of sp³-hybridized carbons (Fsp3) is 0.571. The van der Waals surface area contributed by atoms with Gasteiger partial charge < -0.3 is 10.1 Å².